The topological polar surface area (TPSA) is 0 Å². The van der Waals surface area contributed by atoms with Crippen LogP contribution in [0.1, 0.15) is 12.8 Å². The van der Waals surface area contributed by atoms with E-state index in [0.717, 1.165) is 0 Å². The Morgan fingerprint density at radius 3 is 1.33 bits per heavy atom. The van der Waals surface area contributed by atoms with Crippen molar-refractivity contribution in [1.29, 1.82) is 0 Å². The number of hydrogen-bond donors (Lipinski definition) is 0. The molecule has 6 heavy (non-hydrogen) atoms. The highest BCUT2D eigenvalue weighted by molar-refractivity contribution is 6.09. The lowest BCUT2D eigenvalue weighted by molar-refractivity contribution is 0.881. The first-order valence-corrected chi connectivity index (χ1v) is 3.95. The Morgan fingerprint density at radius 1 is 0.833 bits per heavy atom. The summed E-state index contributed by atoms with van der Waals surface area (Å²) < 4.78 is 0. The lowest BCUT2D eigenvalue weighted by Crippen LogP contribution is -1.71. The van der Waals surface area contributed by atoms with Gasteiger partial charge < -0.3 is 0 Å². The molecule has 0 aliphatic rings. The maximum atomic E-state index is 2.72. The summed E-state index contributed by atoms with van der Waals surface area (Å²) >= 11 is 5.44. The van der Waals surface area contributed by atoms with Crippen molar-refractivity contribution in [2.24, 2.45) is 0 Å². The van der Waals surface area contributed by atoms with Gasteiger partial charge in [0.1, 0.15) is 32.6 Å². The van der Waals surface area contributed by atoms with E-state index in [2.05, 4.69) is 32.6 Å². The molecule has 0 unspecified atom stereocenters. The van der Waals surface area contributed by atoms with Gasteiger partial charge in [0.25, 0.3) is 0 Å². The van der Waals surface area contributed by atoms with Crippen molar-refractivity contribution in [3.05, 3.63) is 0 Å². The summed E-state index contributed by atoms with van der Waals surface area (Å²) in [6.45, 7) is 0. The van der Waals surface area contributed by atoms with Gasteiger partial charge in [0.15, 0.2) is 0 Å². The van der Waals surface area contributed by atoms with Crippen molar-refractivity contribution < 1.29 is 0 Å². The summed E-state index contributed by atoms with van der Waals surface area (Å²) in [6.07, 6.45) is 2.71. The molecule has 4 radical (unpaired) electrons. The van der Waals surface area contributed by atoms with Gasteiger partial charge in [-0.25, -0.2) is 0 Å². The molecule has 0 amide bonds. The van der Waals surface area contributed by atoms with Crippen LogP contribution in [0.5, 0.6) is 0 Å². The lowest BCUT2D eigenvalue weighted by atomic mass is 10.4. The molecule has 2 heteroatoms. The molecule has 0 nitrogen and oxygen atoms in total. The van der Waals surface area contributed by atoms with Gasteiger partial charge in [0.05, 0.1) is 0 Å². The van der Waals surface area contributed by atoms with Crippen LogP contribution in [-0.2, 0) is 0 Å². The van der Waals surface area contributed by atoms with E-state index in [9.17, 15) is 0 Å². The number of unbranched alkanes of at least 4 members (excludes halogenated alkanes) is 1. The van der Waals surface area contributed by atoms with E-state index in [1.807, 2.05) is 0 Å². The maximum absolute atomic E-state index is 2.72. The summed E-state index contributed by atoms with van der Waals surface area (Å²) in [5.74, 6) is 0. The summed E-state index contributed by atoms with van der Waals surface area (Å²) in [6, 6.07) is 0. The van der Waals surface area contributed by atoms with Crippen LogP contribution in [0.15, 0.2) is 0 Å². The van der Waals surface area contributed by atoms with Crippen molar-refractivity contribution in [3.63, 3.8) is 0 Å². The normalized spacial score (nSPS) is 8.67. The van der Waals surface area contributed by atoms with Crippen LogP contribution in [-0.4, -0.2) is 32.6 Å². The highest BCUT2D eigenvalue weighted by atomic mass is 27.0. The fourth-order valence-corrected chi connectivity index (χ4v) is 0.866. The molecule has 0 aliphatic heterocycles. The van der Waals surface area contributed by atoms with Crippen molar-refractivity contribution in [2.75, 3.05) is 0 Å². The molecular formula is C4H8Al2. The Balaban J connectivity index is 2.34. The molecule has 0 aromatic heterocycles. The van der Waals surface area contributed by atoms with Gasteiger partial charge in [-0.2, -0.15) is 0 Å². The standard InChI is InChI=1S/C4H8.2Al/c1-3-4-2;;/h1-4H2;;. The van der Waals surface area contributed by atoms with Crippen molar-refractivity contribution in [3.8, 4) is 0 Å². The molecule has 0 saturated carbocycles. The molecule has 0 fully saturated rings. The Morgan fingerprint density at radius 2 is 1.17 bits per heavy atom. The zero-order chi connectivity index (χ0) is 4.83. The van der Waals surface area contributed by atoms with Crippen LogP contribution in [0.3, 0.4) is 0 Å². The minimum absolute atomic E-state index is 1.26. The van der Waals surface area contributed by atoms with E-state index in [4.69, 9.17) is 0 Å². The predicted molar refractivity (Wildman–Crippen MR) is 30.4 cm³/mol. The SMILES string of the molecule is [Al][CH2]CC[CH2][Al]. The van der Waals surface area contributed by atoms with Crippen LogP contribution >= 0.6 is 0 Å². The molecule has 0 saturated heterocycles. The molecule has 0 spiro atoms. The van der Waals surface area contributed by atoms with E-state index in [1.165, 1.54) is 23.4 Å². The molecule has 30 valence electrons. The Labute approximate surface area is 56.2 Å². The second kappa shape index (κ2) is 6.06. The molecule has 0 aromatic rings. The second-order valence-corrected chi connectivity index (χ2v) is 2.44. The average molecular weight is 110 g/mol. The zero-order valence-electron chi connectivity index (χ0n) is 3.98. The van der Waals surface area contributed by atoms with E-state index in [-0.39, 0.29) is 0 Å². The van der Waals surface area contributed by atoms with Crippen molar-refractivity contribution in [2.45, 2.75) is 23.4 Å². The lowest BCUT2D eigenvalue weighted by Gasteiger charge is -1.87. The predicted octanol–water partition coefficient (Wildman–Crippen LogP) is 0.940. The summed E-state index contributed by atoms with van der Waals surface area (Å²) in [5.41, 5.74) is 0. The Hall–Kier alpha value is 1.06. The largest absolute Gasteiger partial charge is 0.118 e. The molecular weight excluding hydrogens is 102 g/mol. The van der Waals surface area contributed by atoms with Gasteiger partial charge in [-0.15, -0.1) is 10.6 Å². The van der Waals surface area contributed by atoms with E-state index in [1.54, 1.807) is 0 Å². The second-order valence-electron chi connectivity index (χ2n) is 1.28. The zero-order valence-corrected chi connectivity index (χ0v) is 6.29. The van der Waals surface area contributed by atoms with E-state index < -0.39 is 0 Å². The molecule has 0 bridgehead atoms. The van der Waals surface area contributed by atoms with Crippen molar-refractivity contribution in [1.82, 2.24) is 0 Å². The first-order valence-electron chi connectivity index (χ1n) is 2.32. The third kappa shape index (κ3) is 5.06. The van der Waals surface area contributed by atoms with E-state index >= 15 is 0 Å². The first kappa shape index (κ1) is 7.06. The number of hydrogen-bond acceptors (Lipinski definition) is 0. The minimum atomic E-state index is 1.26. The quantitative estimate of drug-likeness (QED) is 0.374. The van der Waals surface area contributed by atoms with Crippen LogP contribution in [0, 0.1) is 0 Å². The van der Waals surface area contributed by atoms with Crippen molar-refractivity contribution >= 4 is 32.6 Å². The fraction of sp³-hybridized carbons (Fsp3) is 1.00. The first-order chi connectivity index (χ1) is 2.91. The van der Waals surface area contributed by atoms with Crippen LogP contribution < -0.4 is 0 Å². The van der Waals surface area contributed by atoms with Crippen LogP contribution in [0.25, 0.3) is 0 Å². The van der Waals surface area contributed by atoms with Gasteiger partial charge in [-0.3, -0.25) is 0 Å². The summed E-state index contributed by atoms with van der Waals surface area (Å²) in [5, 5.41) is 2.52. The highest BCUT2D eigenvalue weighted by Crippen LogP contribution is 1.93. The average Bonchev–Trinajstić information content (AvgIpc) is 1.61. The van der Waals surface area contributed by atoms with Gasteiger partial charge in [0.2, 0.25) is 0 Å². The molecule has 0 atom stereocenters. The van der Waals surface area contributed by atoms with Gasteiger partial charge >= 0.3 is 0 Å². The maximum Gasteiger partial charge on any atom is 0.118 e. The molecule has 0 aromatic carbocycles. The van der Waals surface area contributed by atoms with Gasteiger partial charge in [-0.05, 0) is 0 Å². The Bertz CT molecular complexity index is 17.5. The molecule has 0 aliphatic carbocycles. The summed E-state index contributed by atoms with van der Waals surface area (Å²) in [4.78, 5) is 0. The number of rotatable bonds is 3. The molecule has 0 heterocycles. The fourth-order valence-electron chi connectivity index (χ4n) is 0.289. The van der Waals surface area contributed by atoms with Crippen LogP contribution in [0.2, 0.25) is 10.6 Å². The van der Waals surface area contributed by atoms with Gasteiger partial charge in [0, 0.05) is 0 Å². The smallest absolute Gasteiger partial charge is 0.118 e. The third-order valence-corrected chi connectivity index (χ3v) is 1.47. The highest BCUT2D eigenvalue weighted by Gasteiger charge is 1.74. The molecule has 0 N–H and O–H groups in total. The minimum Gasteiger partial charge on any atom is -0.118 e. The van der Waals surface area contributed by atoms with Gasteiger partial charge in [-0.1, -0.05) is 12.8 Å². The van der Waals surface area contributed by atoms with E-state index in [0.29, 0.717) is 0 Å². The summed E-state index contributed by atoms with van der Waals surface area (Å²) in [7, 11) is 0. The Kier molecular flexibility index (Phi) is 7.14. The monoisotopic (exact) mass is 110 g/mol. The van der Waals surface area contributed by atoms with Crippen LogP contribution in [0.4, 0.5) is 0 Å². The molecule has 0 rings (SSSR count). The third-order valence-electron chi connectivity index (χ3n) is 0.658.